The molecular weight excluding hydrogens is 420 g/mol. The Balaban J connectivity index is 2.17. The Bertz CT molecular complexity index is 1100. The molecule has 0 fully saturated rings. The third-order valence-electron chi connectivity index (χ3n) is 4.06. The molecule has 0 heterocycles. The van der Waals surface area contributed by atoms with Gasteiger partial charge in [0, 0.05) is 0 Å². The van der Waals surface area contributed by atoms with E-state index in [1.54, 1.807) is 0 Å². The third-order valence-corrected chi connectivity index (χ3v) is 7.35. The maximum atomic E-state index is 12.4. The van der Waals surface area contributed by atoms with Gasteiger partial charge < -0.3 is 15.2 Å². The Morgan fingerprint density at radius 1 is 1.07 bits per heavy atom. The summed E-state index contributed by atoms with van der Waals surface area (Å²) in [5.41, 5.74) is -0.139. The Hall–Kier alpha value is -2.63. The zero-order chi connectivity index (χ0) is 21.8. The number of phenols is 1. The average molecular weight is 443 g/mol. The van der Waals surface area contributed by atoms with Gasteiger partial charge in [-0.05, 0) is 49.4 Å². The summed E-state index contributed by atoms with van der Waals surface area (Å²) in [7, 11) is -6.09. The first kappa shape index (κ1) is 22.7. The molecule has 158 valence electrons. The van der Waals surface area contributed by atoms with Gasteiger partial charge in [-0.1, -0.05) is 6.92 Å². The summed E-state index contributed by atoms with van der Waals surface area (Å²) in [5.74, 6) is -0.794. The summed E-state index contributed by atoms with van der Waals surface area (Å²) in [6.07, 6.45) is 0. The molecule has 11 heteroatoms. The fourth-order valence-corrected chi connectivity index (χ4v) is 4.43. The number of sulfone groups is 1. The summed E-state index contributed by atoms with van der Waals surface area (Å²) in [6, 6.07) is 7.88. The van der Waals surface area contributed by atoms with Crippen LogP contribution in [0.15, 0.2) is 52.3 Å². The minimum atomic E-state index is -3.99. The zero-order valence-electron chi connectivity index (χ0n) is 16.0. The predicted octanol–water partition coefficient (Wildman–Crippen LogP) is 1.50. The van der Waals surface area contributed by atoms with Gasteiger partial charge in [-0.3, -0.25) is 4.79 Å². The molecule has 2 aromatic rings. The van der Waals surface area contributed by atoms with Crippen molar-refractivity contribution >= 4 is 31.5 Å². The number of carbonyl (C=O) groups excluding carboxylic acids is 1. The molecule has 1 atom stereocenters. The van der Waals surface area contributed by atoms with Crippen molar-refractivity contribution in [2.75, 3.05) is 18.2 Å². The van der Waals surface area contributed by atoms with Crippen molar-refractivity contribution in [3.8, 4) is 11.5 Å². The molecule has 0 unspecified atom stereocenters. The van der Waals surface area contributed by atoms with E-state index in [9.17, 15) is 26.7 Å². The van der Waals surface area contributed by atoms with E-state index >= 15 is 0 Å². The van der Waals surface area contributed by atoms with Crippen molar-refractivity contribution in [3.63, 3.8) is 0 Å². The van der Waals surface area contributed by atoms with Crippen LogP contribution in [0.5, 0.6) is 11.5 Å². The molecule has 29 heavy (non-hydrogen) atoms. The highest BCUT2D eigenvalue weighted by atomic mass is 32.2. The molecule has 0 spiro atoms. The van der Waals surface area contributed by atoms with Gasteiger partial charge in [0.1, 0.15) is 11.5 Å². The number of phenolic OH excluding ortho intramolecular Hbond substituents is 1. The van der Waals surface area contributed by atoms with E-state index in [0.29, 0.717) is 5.75 Å². The first-order valence-corrected chi connectivity index (χ1v) is 11.7. The largest absolute Gasteiger partial charge is 0.506 e. The predicted molar refractivity (Wildman–Crippen MR) is 107 cm³/mol. The Labute approximate surface area is 169 Å². The van der Waals surface area contributed by atoms with Crippen LogP contribution in [-0.4, -0.2) is 46.8 Å². The van der Waals surface area contributed by atoms with Crippen molar-refractivity contribution in [2.45, 2.75) is 29.7 Å². The quantitative estimate of drug-likeness (QED) is 0.527. The van der Waals surface area contributed by atoms with Crippen LogP contribution in [0.3, 0.4) is 0 Å². The number of ether oxygens (including phenoxy) is 1. The number of rotatable bonds is 8. The van der Waals surface area contributed by atoms with Gasteiger partial charge in [0.05, 0.1) is 34.4 Å². The maximum Gasteiger partial charge on any atom is 0.242 e. The minimum absolute atomic E-state index is 0.0585. The van der Waals surface area contributed by atoms with Gasteiger partial charge in [-0.2, -0.15) is 4.72 Å². The van der Waals surface area contributed by atoms with E-state index in [4.69, 9.17) is 4.74 Å². The standard InChI is InChI=1S/C18H22N2O7S2/c1-4-28(23,24)15-9-10-17(21)16(11-15)19-18(22)12(2)20-29(25,26)14-7-5-13(27-3)6-8-14/h5-12,20-21H,4H2,1-3H3,(H,19,22)/t12-/m0/s1. The molecular formula is C18H22N2O7S2. The lowest BCUT2D eigenvalue weighted by atomic mass is 10.2. The first-order valence-electron chi connectivity index (χ1n) is 8.53. The molecule has 2 aromatic carbocycles. The number of anilines is 1. The van der Waals surface area contributed by atoms with Crippen molar-refractivity contribution < 1.29 is 31.5 Å². The van der Waals surface area contributed by atoms with Gasteiger partial charge >= 0.3 is 0 Å². The van der Waals surface area contributed by atoms with Gasteiger partial charge in [-0.25, -0.2) is 16.8 Å². The highest BCUT2D eigenvalue weighted by Gasteiger charge is 2.23. The average Bonchev–Trinajstić information content (AvgIpc) is 2.69. The number of carbonyl (C=O) groups is 1. The Morgan fingerprint density at radius 2 is 1.66 bits per heavy atom. The number of hydrogen-bond acceptors (Lipinski definition) is 7. The van der Waals surface area contributed by atoms with Crippen LogP contribution < -0.4 is 14.8 Å². The third kappa shape index (κ3) is 5.46. The zero-order valence-corrected chi connectivity index (χ0v) is 17.7. The Kier molecular flexibility index (Phi) is 6.88. The molecule has 3 N–H and O–H groups in total. The molecule has 0 aliphatic heterocycles. The number of sulfonamides is 1. The maximum absolute atomic E-state index is 12.4. The van der Waals surface area contributed by atoms with Gasteiger partial charge in [0.25, 0.3) is 0 Å². The second-order valence-electron chi connectivity index (χ2n) is 6.09. The number of methoxy groups -OCH3 is 1. The highest BCUT2D eigenvalue weighted by Crippen LogP contribution is 2.27. The van der Waals surface area contributed by atoms with E-state index < -0.39 is 31.8 Å². The van der Waals surface area contributed by atoms with Crippen molar-refractivity contribution in [2.24, 2.45) is 0 Å². The number of nitrogens with one attached hydrogen (secondary N) is 2. The van der Waals surface area contributed by atoms with Crippen LogP contribution in [0.4, 0.5) is 5.69 Å². The van der Waals surface area contributed by atoms with Crippen LogP contribution in [-0.2, 0) is 24.7 Å². The van der Waals surface area contributed by atoms with E-state index in [1.165, 1.54) is 51.3 Å². The number of benzene rings is 2. The Morgan fingerprint density at radius 3 is 2.21 bits per heavy atom. The normalized spacial score (nSPS) is 12.9. The summed E-state index contributed by atoms with van der Waals surface area (Å²) >= 11 is 0. The lowest BCUT2D eigenvalue weighted by Gasteiger charge is -2.16. The molecule has 9 nitrogen and oxygen atoms in total. The summed E-state index contributed by atoms with van der Waals surface area (Å²) < 4.78 is 56.0. The van der Waals surface area contributed by atoms with Crippen LogP contribution in [0, 0.1) is 0 Å². The fraction of sp³-hybridized carbons (Fsp3) is 0.278. The van der Waals surface area contributed by atoms with E-state index in [1.807, 2.05) is 0 Å². The van der Waals surface area contributed by atoms with Crippen molar-refractivity contribution in [1.29, 1.82) is 0 Å². The topological polar surface area (TPSA) is 139 Å². The lowest BCUT2D eigenvalue weighted by Crippen LogP contribution is -2.41. The molecule has 1 amide bonds. The molecule has 0 saturated heterocycles. The highest BCUT2D eigenvalue weighted by molar-refractivity contribution is 7.91. The molecule has 0 bridgehead atoms. The van der Waals surface area contributed by atoms with Gasteiger partial charge in [0.15, 0.2) is 9.84 Å². The van der Waals surface area contributed by atoms with Crippen LogP contribution in [0.2, 0.25) is 0 Å². The van der Waals surface area contributed by atoms with Crippen LogP contribution in [0.1, 0.15) is 13.8 Å². The van der Waals surface area contributed by atoms with Crippen LogP contribution in [0.25, 0.3) is 0 Å². The minimum Gasteiger partial charge on any atom is -0.506 e. The van der Waals surface area contributed by atoms with E-state index in [2.05, 4.69) is 10.0 Å². The summed E-state index contributed by atoms with van der Waals surface area (Å²) in [4.78, 5) is 12.3. The van der Waals surface area contributed by atoms with E-state index in [0.717, 1.165) is 12.1 Å². The van der Waals surface area contributed by atoms with Gasteiger partial charge in [0.2, 0.25) is 15.9 Å². The number of amides is 1. The van der Waals surface area contributed by atoms with Gasteiger partial charge in [-0.15, -0.1) is 0 Å². The molecule has 0 aliphatic rings. The molecule has 0 radical (unpaired) electrons. The molecule has 2 rings (SSSR count). The molecule has 0 aromatic heterocycles. The second-order valence-corrected chi connectivity index (χ2v) is 10.1. The molecule has 0 aliphatic carbocycles. The van der Waals surface area contributed by atoms with Crippen molar-refractivity contribution in [3.05, 3.63) is 42.5 Å². The molecule has 0 saturated carbocycles. The summed E-state index contributed by atoms with van der Waals surface area (Å²) in [6.45, 7) is 2.79. The van der Waals surface area contributed by atoms with E-state index in [-0.39, 0.29) is 27.0 Å². The monoisotopic (exact) mass is 442 g/mol. The summed E-state index contributed by atoms with van der Waals surface area (Å²) in [5, 5.41) is 12.2. The fourth-order valence-electron chi connectivity index (χ4n) is 2.33. The van der Waals surface area contributed by atoms with Crippen LogP contribution >= 0.6 is 0 Å². The first-order chi connectivity index (χ1) is 13.5. The second kappa shape index (κ2) is 8.80. The lowest BCUT2D eigenvalue weighted by molar-refractivity contribution is -0.117. The smallest absolute Gasteiger partial charge is 0.242 e. The SMILES string of the molecule is CCS(=O)(=O)c1ccc(O)c(NC(=O)[C@H](C)NS(=O)(=O)c2ccc(OC)cc2)c1. The number of hydrogen-bond donors (Lipinski definition) is 3. The van der Waals surface area contributed by atoms with Crippen molar-refractivity contribution in [1.82, 2.24) is 4.72 Å². The number of aromatic hydroxyl groups is 1.